The van der Waals surface area contributed by atoms with E-state index in [-0.39, 0.29) is 5.97 Å². The molecule has 86 valence electrons. The number of imidazole rings is 1. The highest BCUT2D eigenvalue weighted by Crippen LogP contribution is 2.41. The van der Waals surface area contributed by atoms with Crippen LogP contribution >= 0.6 is 0 Å². The molecule has 16 heavy (non-hydrogen) atoms. The Kier molecular flexibility index (Phi) is 2.12. The van der Waals surface area contributed by atoms with Gasteiger partial charge in [-0.2, -0.15) is 0 Å². The summed E-state index contributed by atoms with van der Waals surface area (Å²) in [6.07, 6.45) is 3.47. The van der Waals surface area contributed by atoms with E-state index in [1.54, 1.807) is 0 Å². The topological polar surface area (TPSA) is 56.1 Å². The first-order valence-electron chi connectivity index (χ1n) is 5.74. The fourth-order valence-corrected chi connectivity index (χ4v) is 2.21. The van der Waals surface area contributed by atoms with Crippen molar-refractivity contribution in [2.75, 3.05) is 19.0 Å². The number of ether oxygens (including phenoxy) is 1. The third kappa shape index (κ3) is 1.38. The molecule has 3 rings (SSSR count). The van der Waals surface area contributed by atoms with Gasteiger partial charge in [0.25, 0.3) is 0 Å². The van der Waals surface area contributed by atoms with Crippen LogP contribution in [0.25, 0.3) is 0 Å². The number of anilines is 1. The Morgan fingerprint density at radius 2 is 2.38 bits per heavy atom. The Morgan fingerprint density at radius 1 is 1.56 bits per heavy atom. The van der Waals surface area contributed by atoms with Crippen molar-refractivity contribution in [3.63, 3.8) is 0 Å². The lowest BCUT2D eigenvalue weighted by Gasteiger charge is -2.18. The highest BCUT2D eigenvalue weighted by Gasteiger charge is 2.33. The number of nitrogens with zero attached hydrogens (tertiary/aromatic N) is 2. The van der Waals surface area contributed by atoms with E-state index in [1.165, 1.54) is 20.0 Å². The molecule has 0 unspecified atom stereocenters. The van der Waals surface area contributed by atoms with E-state index in [0.717, 1.165) is 31.2 Å². The van der Waals surface area contributed by atoms with E-state index >= 15 is 0 Å². The lowest BCUT2D eigenvalue weighted by molar-refractivity contribution is 0.0595. The van der Waals surface area contributed by atoms with Gasteiger partial charge in [0.2, 0.25) is 0 Å². The molecule has 1 N–H and O–H groups in total. The first-order valence-corrected chi connectivity index (χ1v) is 5.74. The standard InChI is InChI=1S/C11H15N3O2/c1-16-11(15)8-10-12-5-2-6-14(10)9(13-8)7-3-4-7/h7,12H,2-6H2,1H3. The molecule has 0 radical (unpaired) electrons. The minimum atomic E-state index is -0.343. The van der Waals surface area contributed by atoms with E-state index in [2.05, 4.69) is 14.9 Å². The van der Waals surface area contributed by atoms with E-state index in [1.807, 2.05) is 0 Å². The fraction of sp³-hybridized carbons (Fsp3) is 0.636. The molecule has 1 aromatic rings. The summed E-state index contributed by atoms with van der Waals surface area (Å²) in [5.74, 6) is 2.12. The Morgan fingerprint density at radius 3 is 3.06 bits per heavy atom. The van der Waals surface area contributed by atoms with Crippen LogP contribution in [-0.4, -0.2) is 29.2 Å². The molecule has 2 heterocycles. The Hall–Kier alpha value is -1.52. The van der Waals surface area contributed by atoms with Crippen LogP contribution in [-0.2, 0) is 11.3 Å². The van der Waals surface area contributed by atoms with Crippen molar-refractivity contribution in [1.82, 2.24) is 9.55 Å². The molecule has 1 aliphatic heterocycles. The minimum Gasteiger partial charge on any atom is -0.464 e. The monoisotopic (exact) mass is 221 g/mol. The van der Waals surface area contributed by atoms with Crippen molar-refractivity contribution in [1.29, 1.82) is 0 Å². The van der Waals surface area contributed by atoms with Gasteiger partial charge in [-0.15, -0.1) is 0 Å². The first kappa shape index (κ1) is 9.69. The first-order chi connectivity index (χ1) is 7.81. The number of carbonyl (C=O) groups is 1. The van der Waals surface area contributed by atoms with Crippen LogP contribution in [0.1, 0.15) is 41.5 Å². The van der Waals surface area contributed by atoms with Crippen LogP contribution in [0.3, 0.4) is 0 Å². The van der Waals surface area contributed by atoms with Gasteiger partial charge >= 0.3 is 5.97 Å². The van der Waals surface area contributed by atoms with Crippen molar-refractivity contribution >= 4 is 11.8 Å². The summed E-state index contributed by atoms with van der Waals surface area (Å²) in [5.41, 5.74) is 0.448. The Bertz CT molecular complexity index is 435. The SMILES string of the molecule is COC(=O)c1nc(C2CC2)n2c1NCCC2. The average Bonchev–Trinajstić information content (AvgIpc) is 3.09. The number of aromatic nitrogens is 2. The average molecular weight is 221 g/mol. The van der Waals surface area contributed by atoms with Gasteiger partial charge in [-0.3, -0.25) is 0 Å². The van der Waals surface area contributed by atoms with E-state index in [4.69, 9.17) is 4.74 Å². The second-order valence-electron chi connectivity index (χ2n) is 4.37. The number of rotatable bonds is 2. The van der Waals surface area contributed by atoms with Crippen molar-refractivity contribution in [3.05, 3.63) is 11.5 Å². The van der Waals surface area contributed by atoms with Crippen molar-refractivity contribution in [2.45, 2.75) is 31.7 Å². The molecule has 2 aliphatic rings. The summed E-state index contributed by atoms with van der Waals surface area (Å²) < 4.78 is 6.91. The summed E-state index contributed by atoms with van der Waals surface area (Å²) in [6, 6.07) is 0. The molecule has 0 saturated heterocycles. The maximum Gasteiger partial charge on any atom is 0.360 e. The molecular weight excluding hydrogens is 206 g/mol. The molecule has 5 nitrogen and oxygen atoms in total. The smallest absolute Gasteiger partial charge is 0.360 e. The van der Waals surface area contributed by atoms with Gasteiger partial charge < -0.3 is 14.6 Å². The van der Waals surface area contributed by atoms with Crippen LogP contribution in [0.15, 0.2) is 0 Å². The van der Waals surface area contributed by atoms with Gasteiger partial charge in [0, 0.05) is 19.0 Å². The highest BCUT2D eigenvalue weighted by atomic mass is 16.5. The molecule has 1 saturated carbocycles. The summed E-state index contributed by atoms with van der Waals surface area (Å²) in [5, 5.41) is 3.25. The normalized spacial score (nSPS) is 18.8. The maximum atomic E-state index is 11.6. The van der Waals surface area contributed by atoms with Crippen LogP contribution in [0.2, 0.25) is 0 Å². The van der Waals surface area contributed by atoms with Gasteiger partial charge in [0.15, 0.2) is 5.69 Å². The number of carbonyl (C=O) groups excluding carboxylic acids is 1. The number of methoxy groups -OCH3 is 1. The molecule has 1 aliphatic carbocycles. The van der Waals surface area contributed by atoms with Crippen LogP contribution in [0, 0.1) is 0 Å². The molecule has 1 fully saturated rings. The third-order valence-corrected chi connectivity index (χ3v) is 3.17. The summed E-state index contributed by atoms with van der Waals surface area (Å²) in [6.45, 7) is 1.86. The third-order valence-electron chi connectivity index (χ3n) is 3.17. The second kappa shape index (κ2) is 3.50. The van der Waals surface area contributed by atoms with E-state index in [0.29, 0.717) is 11.6 Å². The molecule has 0 amide bonds. The number of hydrogen-bond acceptors (Lipinski definition) is 4. The van der Waals surface area contributed by atoms with E-state index in [9.17, 15) is 4.79 Å². The van der Waals surface area contributed by atoms with Crippen molar-refractivity contribution in [3.8, 4) is 0 Å². The van der Waals surface area contributed by atoms with E-state index < -0.39 is 0 Å². The van der Waals surface area contributed by atoms with Crippen LogP contribution in [0.4, 0.5) is 5.82 Å². The van der Waals surface area contributed by atoms with Gasteiger partial charge in [-0.25, -0.2) is 9.78 Å². The zero-order valence-corrected chi connectivity index (χ0v) is 9.32. The summed E-state index contributed by atoms with van der Waals surface area (Å²) in [4.78, 5) is 16.1. The number of nitrogens with one attached hydrogen (secondary N) is 1. The predicted molar refractivity (Wildman–Crippen MR) is 58.6 cm³/mol. The summed E-state index contributed by atoms with van der Waals surface area (Å²) in [7, 11) is 1.40. The molecule has 0 atom stereocenters. The maximum absolute atomic E-state index is 11.6. The van der Waals surface area contributed by atoms with Crippen LogP contribution in [0.5, 0.6) is 0 Å². The van der Waals surface area contributed by atoms with Crippen molar-refractivity contribution in [2.24, 2.45) is 0 Å². The lowest BCUT2D eigenvalue weighted by Crippen LogP contribution is -2.19. The minimum absolute atomic E-state index is 0.343. The molecule has 1 aromatic heterocycles. The molecule has 0 spiro atoms. The Balaban J connectivity index is 2.07. The summed E-state index contributed by atoms with van der Waals surface area (Å²) >= 11 is 0. The quantitative estimate of drug-likeness (QED) is 0.766. The zero-order valence-electron chi connectivity index (χ0n) is 9.32. The number of fused-ring (bicyclic) bond motifs is 1. The van der Waals surface area contributed by atoms with Crippen molar-refractivity contribution < 1.29 is 9.53 Å². The van der Waals surface area contributed by atoms with Gasteiger partial charge in [-0.1, -0.05) is 0 Å². The lowest BCUT2D eigenvalue weighted by atomic mass is 10.3. The molecular formula is C11H15N3O2. The van der Waals surface area contributed by atoms with Gasteiger partial charge in [-0.05, 0) is 19.3 Å². The highest BCUT2D eigenvalue weighted by molar-refractivity contribution is 5.93. The molecule has 5 heteroatoms. The van der Waals surface area contributed by atoms with Gasteiger partial charge in [0.05, 0.1) is 7.11 Å². The largest absolute Gasteiger partial charge is 0.464 e. The number of esters is 1. The second-order valence-corrected chi connectivity index (χ2v) is 4.37. The predicted octanol–water partition coefficient (Wildman–Crippen LogP) is 1.36. The zero-order chi connectivity index (χ0) is 11.1. The van der Waals surface area contributed by atoms with Crippen LogP contribution < -0.4 is 5.32 Å². The fourth-order valence-electron chi connectivity index (χ4n) is 2.21. The molecule has 0 aromatic carbocycles. The van der Waals surface area contributed by atoms with Gasteiger partial charge in [0.1, 0.15) is 11.6 Å². The Labute approximate surface area is 93.8 Å². The number of hydrogen-bond donors (Lipinski definition) is 1. The molecule has 0 bridgehead atoms.